The van der Waals surface area contributed by atoms with Gasteiger partial charge < -0.3 is 10.4 Å². The number of ketones is 1. The number of halogens is 1. The van der Waals surface area contributed by atoms with Gasteiger partial charge >= 0.3 is 0 Å². The van der Waals surface area contributed by atoms with Gasteiger partial charge in [0.15, 0.2) is 0 Å². The van der Waals surface area contributed by atoms with Gasteiger partial charge in [0.2, 0.25) is 0 Å². The van der Waals surface area contributed by atoms with Crippen LogP contribution in [0.2, 0.25) is 0 Å². The number of carbonyl (C=O) groups excluding carboxylic acids is 2. The maximum atomic E-state index is 11.1. The number of nitrogens with one attached hydrogen (secondary N) is 1. The molecule has 0 aliphatic carbocycles. The van der Waals surface area contributed by atoms with E-state index in [-0.39, 0.29) is 6.61 Å². The van der Waals surface area contributed by atoms with Gasteiger partial charge in [-0.15, -0.1) is 0 Å². The van der Waals surface area contributed by atoms with Gasteiger partial charge in [-0.05, 0) is 25.1 Å². The van der Waals surface area contributed by atoms with Crippen molar-refractivity contribution in [3.05, 3.63) is 28.2 Å². The molecule has 2 N–H and O–H groups in total. The minimum atomic E-state index is -0.553. The number of anilines is 1. The highest BCUT2D eigenvalue weighted by molar-refractivity contribution is 9.10. The topological polar surface area (TPSA) is 66.4 Å². The molecule has 1 aliphatic rings. The van der Waals surface area contributed by atoms with Crippen LogP contribution in [0.5, 0.6) is 0 Å². The Balaban J connectivity index is 0.000000337. The first-order valence-electron chi connectivity index (χ1n) is 4.36. The maximum Gasteiger partial charge on any atom is 0.296 e. The van der Waals surface area contributed by atoms with E-state index in [1.807, 2.05) is 0 Å². The molecule has 0 spiro atoms. The molecular weight excluding hydrogens is 262 g/mol. The molecule has 1 aliphatic heterocycles. The second-order valence-corrected chi connectivity index (χ2v) is 3.71. The molecule has 1 aromatic rings. The second-order valence-electron chi connectivity index (χ2n) is 2.79. The summed E-state index contributed by atoms with van der Waals surface area (Å²) in [7, 11) is 0. The lowest BCUT2D eigenvalue weighted by Crippen LogP contribution is -2.12. The van der Waals surface area contributed by atoms with Crippen LogP contribution in [0, 0.1) is 0 Å². The molecule has 1 aromatic carbocycles. The normalized spacial score (nSPS) is 12.7. The maximum absolute atomic E-state index is 11.1. The molecule has 4 nitrogen and oxygen atoms in total. The molecule has 0 unspecified atom stereocenters. The van der Waals surface area contributed by atoms with Gasteiger partial charge in [0.05, 0.1) is 11.3 Å². The molecule has 1 amide bonds. The standard InChI is InChI=1S/C8H4BrNO2.C2H6O/c9-4-1-2-6-5(3-4)7(11)8(12)10-6;1-2-3/h1-3H,(H,10,11,12);3H,2H2,1H3. The third-order valence-electron chi connectivity index (χ3n) is 1.68. The van der Waals surface area contributed by atoms with Crippen molar-refractivity contribution in [1.82, 2.24) is 0 Å². The fraction of sp³-hybridized carbons (Fsp3) is 0.200. The van der Waals surface area contributed by atoms with E-state index in [0.29, 0.717) is 11.3 Å². The average Bonchev–Trinajstić information content (AvgIpc) is 2.46. The predicted molar refractivity (Wildman–Crippen MR) is 59.9 cm³/mol. The van der Waals surface area contributed by atoms with Crippen molar-refractivity contribution in [2.75, 3.05) is 11.9 Å². The van der Waals surface area contributed by atoms with Crippen molar-refractivity contribution in [2.24, 2.45) is 0 Å². The molecule has 0 radical (unpaired) electrons. The van der Waals surface area contributed by atoms with Crippen LogP contribution in [0.25, 0.3) is 0 Å². The number of hydrogen-bond acceptors (Lipinski definition) is 3. The average molecular weight is 272 g/mol. The number of hydrogen-bond donors (Lipinski definition) is 2. The summed E-state index contributed by atoms with van der Waals surface area (Å²) in [6.07, 6.45) is 0. The lowest BCUT2D eigenvalue weighted by Gasteiger charge is -1.95. The zero-order chi connectivity index (χ0) is 11.4. The summed E-state index contributed by atoms with van der Waals surface area (Å²) in [5.74, 6) is -1.02. The molecule has 2 rings (SSSR count). The van der Waals surface area contributed by atoms with E-state index >= 15 is 0 Å². The highest BCUT2D eigenvalue weighted by Gasteiger charge is 2.27. The third kappa shape index (κ3) is 2.64. The molecule has 0 aromatic heterocycles. The van der Waals surface area contributed by atoms with Gasteiger partial charge in [-0.25, -0.2) is 0 Å². The van der Waals surface area contributed by atoms with Gasteiger partial charge in [0, 0.05) is 11.1 Å². The van der Waals surface area contributed by atoms with Crippen molar-refractivity contribution >= 4 is 33.3 Å². The van der Waals surface area contributed by atoms with Crippen molar-refractivity contribution in [3.63, 3.8) is 0 Å². The fourth-order valence-corrected chi connectivity index (χ4v) is 1.48. The first kappa shape index (κ1) is 11.9. The minimum Gasteiger partial charge on any atom is -0.397 e. The van der Waals surface area contributed by atoms with Crippen LogP contribution in [0.15, 0.2) is 22.7 Å². The molecule has 0 atom stereocenters. The fourth-order valence-electron chi connectivity index (χ4n) is 1.11. The Kier molecular flexibility index (Phi) is 3.99. The van der Waals surface area contributed by atoms with Crippen molar-refractivity contribution in [1.29, 1.82) is 0 Å². The van der Waals surface area contributed by atoms with Gasteiger partial charge in [0.1, 0.15) is 0 Å². The molecule has 15 heavy (non-hydrogen) atoms. The van der Waals surface area contributed by atoms with Crippen LogP contribution >= 0.6 is 15.9 Å². The number of rotatable bonds is 0. The van der Waals surface area contributed by atoms with Gasteiger partial charge in [-0.2, -0.15) is 0 Å². The molecule has 0 saturated heterocycles. The van der Waals surface area contributed by atoms with Crippen LogP contribution in [0.1, 0.15) is 17.3 Å². The summed E-state index contributed by atoms with van der Waals surface area (Å²) in [5, 5.41) is 10.0. The SMILES string of the molecule is CCO.O=C1Nc2ccc(Br)cc2C1=O. The van der Waals surface area contributed by atoms with Crippen LogP contribution in [0.3, 0.4) is 0 Å². The summed E-state index contributed by atoms with van der Waals surface area (Å²) in [6.45, 7) is 1.93. The summed E-state index contributed by atoms with van der Waals surface area (Å²) in [4.78, 5) is 22.0. The van der Waals surface area contributed by atoms with E-state index in [9.17, 15) is 9.59 Å². The summed E-state index contributed by atoms with van der Waals surface area (Å²) < 4.78 is 0.797. The molecule has 0 saturated carbocycles. The van der Waals surface area contributed by atoms with Crippen LogP contribution in [0.4, 0.5) is 5.69 Å². The Morgan fingerprint density at radius 1 is 1.40 bits per heavy atom. The Morgan fingerprint density at radius 2 is 2.00 bits per heavy atom. The van der Waals surface area contributed by atoms with E-state index in [2.05, 4.69) is 21.2 Å². The van der Waals surface area contributed by atoms with E-state index in [1.54, 1.807) is 25.1 Å². The van der Waals surface area contributed by atoms with Gasteiger partial charge in [-0.1, -0.05) is 15.9 Å². The first-order chi connectivity index (χ1) is 7.10. The number of amides is 1. The van der Waals surface area contributed by atoms with Crippen LogP contribution < -0.4 is 5.32 Å². The van der Waals surface area contributed by atoms with E-state index in [4.69, 9.17) is 5.11 Å². The third-order valence-corrected chi connectivity index (χ3v) is 2.17. The van der Waals surface area contributed by atoms with Crippen molar-refractivity contribution < 1.29 is 14.7 Å². The molecule has 1 heterocycles. The summed E-state index contributed by atoms with van der Waals surface area (Å²) in [5.41, 5.74) is 1.03. The minimum absolute atomic E-state index is 0.250. The number of Topliss-reactive ketones (excluding diaryl/α,β-unsaturated/α-hetero) is 1. The molecule has 5 heteroatoms. The quantitative estimate of drug-likeness (QED) is 0.705. The number of fused-ring (bicyclic) bond motifs is 1. The van der Waals surface area contributed by atoms with Crippen molar-refractivity contribution in [3.8, 4) is 0 Å². The number of aliphatic hydroxyl groups excluding tert-OH is 1. The molecular formula is C10H10BrNO3. The van der Waals surface area contributed by atoms with Gasteiger partial charge in [-0.3, -0.25) is 9.59 Å². The lowest BCUT2D eigenvalue weighted by molar-refractivity contribution is -0.112. The first-order valence-corrected chi connectivity index (χ1v) is 5.15. The number of benzene rings is 1. The Hall–Kier alpha value is -1.20. The summed E-state index contributed by atoms with van der Waals surface area (Å²) >= 11 is 3.22. The Morgan fingerprint density at radius 3 is 2.60 bits per heavy atom. The van der Waals surface area contributed by atoms with Crippen LogP contribution in [-0.4, -0.2) is 23.4 Å². The molecule has 0 bridgehead atoms. The highest BCUT2D eigenvalue weighted by atomic mass is 79.9. The largest absolute Gasteiger partial charge is 0.397 e. The van der Waals surface area contributed by atoms with E-state index in [0.717, 1.165) is 4.47 Å². The zero-order valence-corrected chi connectivity index (χ0v) is 9.67. The zero-order valence-electron chi connectivity index (χ0n) is 8.08. The molecule has 0 fully saturated rings. The smallest absolute Gasteiger partial charge is 0.296 e. The predicted octanol–water partition coefficient (Wildman–Crippen LogP) is 1.58. The number of carbonyl (C=O) groups is 2. The van der Waals surface area contributed by atoms with E-state index in [1.165, 1.54) is 0 Å². The van der Waals surface area contributed by atoms with Gasteiger partial charge in [0.25, 0.3) is 11.7 Å². The number of aliphatic hydroxyl groups is 1. The lowest BCUT2D eigenvalue weighted by atomic mass is 10.1. The monoisotopic (exact) mass is 271 g/mol. The van der Waals surface area contributed by atoms with Crippen LogP contribution in [-0.2, 0) is 4.79 Å². The molecule has 80 valence electrons. The Bertz CT molecular complexity index is 404. The van der Waals surface area contributed by atoms with Crippen molar-refractivity contribution in [2.45, 2.75) is 6.92 Å². The van der Waals surface area contributed by atoms with E-state index < -0.39 is 11.7 Å². The highest BCUT2D eigenvalue weighted by Crippen LogP contribution is 2.25. The summed E-state index contributed by atoms with van der Waals surface area (Å²) in [6, 6.07) is 5.11. The Labute approximate surface area is 95.4 Å². The second kappa shape index (κ2) is 5.04.